The summed E-state index contributed by atoms with van der Waals surface area (Å²) in [4.78, 5) is 2.05. The summed E-state index contributed by atoms with van der Waals surface area (Å²) >= 11 is 6.12. The molecule has 0 radical (unpaired) electrons. The number of rotatable bonds is 5. The largest absolute Gasteiger partial charge is 0.367 e. The zero-order chi connectivity index (χ0) is 15.4. The second-order valence-electron chi connectivity index (χ2n) is 5.11. The molecule has 1 unspecified atom stereocenters. The summed E-state index contributed by atoms with van der Waals surface area (Å²) in [6, 6.07) is 12.6. The number of hydrogen-bond acceptors (Lipinski definition) is 2. The Morgan fingerprint density at radius 3 is 2.62 bits per heavy atom. The van der Waals surface area contributed by atoms with E-state index in [1.54, 1.807) is 6.07 Å². The minimum absolute atomic E-state index is 0.0831. The molecule has 2 nitrogen and oxygen atoms in total. The molecule has 112 valence electrons. The molecular weight excluding hydrogens is 287 g/mol. The van der Waals surface area contributed by atoms with Crippen LogP contribution in [0.3, 0.4) is 0 Å². The number of anilines is 1. The van der Waals surface area contributed by atoms with E-state index in [1.165, 1.54) is 6.07 Å². The van der Waals surface area contributed by atoms with Crippen LogP contribution in [0, 0.1) is 5.82 Å². The Hall–Kier alpha value is -1.58. The van der Waals surface area contributed by atoms with Crippen molar-refractivity contribution in [3.05, 3.63) is 64.4 Å². The second kappa shape index (κ2) is 6.92. The highest BCUT2D eigenvalue weighted by Crippen LogP contribution is 2.31. The van der Waals surface area contributed by atoms with Gasteiger partial charge in [0.1, 0.15) is 5.82 Å². The van der Waals surface area contributed by atoms with Gasteiger partial charge in [0.25, 0.3) is 0 Å². The lowest BCUT2D eigenvalue weighted by Gasteiger charge is -2.30. The third kappa shape index (κ3) is 3.55. The highest BCUT2D eigenvalue weighted by atomic mass is 35.5. The zero-order valence-corrected chi connectivity index (χ0v) is 13.3. The fourth-order valence-electron chi connectivity index (χ4n) is 2.44. The molecule has 2 aromatic carbocycles. The predicted octanol–water partition coefficient (Wildman–Crippen LogP) is 4.40. The molecule has 0 saturated heterocycles. The summed E-state index contributed by atoms with van der Waals surface area (Å²) < 4.78 is 14.0. The third-order valence-electron chi connectivity index (χ3n) is 3.73. The average Bonchev–Trinajstić information content (AvgIpc) is 2.48. The van der Waals surface area contributed by atoms with E-state index >= 15 is 0 Å². The van der Waals surface area contributed by atoms with Crippen LogP contribution in [0.25, 0.3) is 0 Å². The van der Waals surface area contributed by atoms with Crippen molar-refractivity contribution in [2.75, 3.05) is 19.0 Å². The number of hydrogen-bond donors (Lipinski definition) is 1. The van der Waals surface area contributed by atoms with Gasteiger partial charge in [-0.2, -0.15) is 0 Å². The van der Waals surface area contributed by atoms with Gasteiger partial charge in [0.2, 0.25) is 0 Å². The molecule has 0 bridgehead atoms. The molecule has 21 heavy (non-hydrogen) atoms. The van der Waals surface area contributed by atoms with Gasteiger partial charge in [0.15, 0.2) is 0 Å². The summed E-state index contributed by atoms with van der Waals surface area (Å²) in [5.41, 5.74) is 2.82. The van der Waals surface area contributed by atoms with Crippen LogP contribution in [0.2, 0.25) is 5.02 Å². The van der Waals surface area contributed by atoms with Crippen LogP contribution in [0.5, 0.6) is 0 Å². The molecule has 0 heterocycles. The molecule has 2 rings (SSSR count). The first kappa shape index (κ1) is 15.8. The van der Waals surface area contributed by atoms with E-state index in [9.17, 15) is 4.39 Å². The Morgan fingerprint density at radius 1 is 1.24 bits per heavy atom. The van der Waals surface area contributed by atoms with Crippen LogP contribution in [-0.2, 0) is 6.54 Å². The highest BCUT2D eigenvalue weighted by molar-refractivity contribution is 6.30. The molecule has 0 aliphatic carbocycles. The van der Waals surface area contributed by atoms with Gasteiger partial charge in [0.05, 0.1) is 6.04 Å². The van der Waals surface area contributed by atoms with Gasteiger partial charge >= 0.3 is 0 Å². The molecule has 1 atom stereocenters. The summed E-state index contributed by atoms with van der Waals surface area (Å²) in [7, 11) is 3.86. The Balaban J connectivity index is 2.37. The van der Waals surface area contributed by atoms with E-state index in [4.69, 9.17) is 11.6 Å². The van der Waals surface area contributed by atoms with E-state index in [-0.39, 0.29) is 11.9 Å². The standard InChI is InChI=1S/C17H20ClFN2/c1-12(15-6-4-5-7-16(15)19)21(3)17-10-14(18)9-8-13(17)11-20-2/h4-10,12,20H,11H2,1-3H3. The summed E-state index contributed by atoms with van der Waals surface area (Å²) in [6.45, 7) is 2.73. The van der Waals surface area contributed by atoms with Gasteiger partial charge in [-0.3, -0.25) is 0 Å². The molecule has 0 amide bonds. The van der Waals surface area contributed by atoms with Gasteiger partial charge in [0, 0.05) is 29.9 Å². The SMILES string of the molecule is CNCc1ccc(Cl)cc1N(C)C(C)c1ccccc1F. The molecule has 2 aromatic rings. The summed E-state index contributed by atoms with van der Waals surface area (Å²) in [5.74, 6) is -0.186. The molecule has 0 aromatic heterocycles. The Morgan fingerprint density at radius 2 is 1.95 bits per heavy atom. The summed E-state index contributed by atoms with van der Waals surface area (Å²) in [6.07, 6.45) is 0. The minimum atomic E-state index is -0.186. The van der Waals surface area contributed by atoms with Gasteiger partial charge in [-0.25, -0.2) is 4.39 Å². The van der Waals surface area contributed by atoms with Crippen molar-refractivity contribution in [3.63, 3.8) is 0 Å². The molecule has 0 saturated carbocycles. The van der Waals surface area contributed by atoms with E-state index in [0.29, 0.717) is 10.6 Å². The molecule has 1 N–H and O–H groups in total. The van der Waals surface area contributed by atoms with Crippen LogP contribution in [-0.4, -0.2) is 14.1 Å². The number of benzene rings is 2. The van der Waals surface area contributed by atoms with Gasteiger partial charge in [-0.15, -0.1) is 0 Å². The Bertz CT molecular complexity index is 615. The third-order valence-corrected chi connectivity index (χ3v) is 3.97. The van der Waals surface area contributed by atoms with E-state index < -0.39 is 0 Å². The molecule has 0 fully saturated rings. The first-order chi connectivity index (χ1) is 10.0. The monoisotopic (exact) mass is 306 g/mol. The topological polar surface area (TPSA) is 15.3 Å². The number of halogens is 2. The van der Waals surface area contributed by atoms with Gasteiger partial charge < -0.3 is 10.2 Å². The molecule has 0 aliphatic rings. The van der Waals surface area contributed by atoms with Crippen molar-refractivity contribution in [3.8, 4) is 0 Å². The maximum Gasteiger partial charge on any atom is 0.128 e. The molecular formula is C17H20ClFN2. The highest BCUT2D eigenvalue weighted by Gasteiger charge is 2.18. The van der Waals surface area contributed by atoms with Crippen LogP contribution in [0.1, 0.15) is 24.1 Å². The number of nitrogens with zero attached hydrogens (tertiary/aromatic N) is 1. The Kier molecular flexibility index (Phi) is 5.21. The molecule has 4 heteroatoms. The van der Waals surface area contributed by atoms with Crippen molar-refractivity contribution in [1.82, 2.24) is 5.32 Å². The first-order valence-electron chi connectivity index (χ1n) is 6.95. The fourth-order valence-corrected chi connectivity index (χ4v) is 2.60. The number of nitrogens with one attached hydrogen (secondary N) is 1. The van der Waals surface area contributed by atoms with Gasteiger partial charge in [-0.1, -0.05) is 35.9 Å². The van der Waals surface area contributed by atoms with E-state index in [0.717, 1.165) is 17.8 Å². The average molecular weight is 307 g/mol. The first-order valence-corrected chi connectivity index (χ1v) is 7.32. The van der Waals surface area contributed by atoms with Crippen LogP contribution >= 0.6 is 11.6 Å². The van der Waals surface area contributed by atoms with Gasteiger partial charge in [-0.05, 0) is 37.7 Å². The quantitative estimate of drug-likeness (QED) is 0.881. The predicted molar refractivity (Wildman–Crippen MR) is 87.4 cm³/mol. The van der Waals surface area contributed by atoms with Crippen LogP contribution < -0.4 is 10.2 Å². The maximum atomic E-state index is 14.0. The van der Waals surface area contributed by atoms with Crippen molar-refractivity contribution in [2.24, 2.45) is 0 Å². The maximum absolute atomic E-state index is 14.0. The van der Waals surface area contributed by atoms with E-state index in [2.05, 4.69) is 10.2 Å². The smallest absolute Gasteiger partial charge is 0.128 e. The minimum Gasteiger partial charge on any atom is -0.367 e. The van der Waals surface area contributed by atoms with E-state index in [1.807, 2.05) is 51.4 Å². The lowest BCUT2D eigenvalue weighted by molar-refractivity contribution is 0.585. The van der Waals surface area contributed by atoms with Crippen molar-refractivity contribution >= 4 is 17.3 Å². The normalized spacial score (nSPS) is 12.2. The molecule has 0 aliphatic heterocycles. The molecule has 0 spiro atoms. The van der Waals surface area contributed by atoms with Crippen LogP contribution in [0.15, 0.2) is 42.5 Å². The van der Waals surface area contributed by atoms with Crippen molar-refractivity contribution < 1.29 is 4.39 Å². The van der Waals surface area contributed by atoms with Crippen molar-refractivity contribution in [2.45, 2.75) is 19.5 Å². The second-order valence-corrected chi connectivity index (χ2v) is 5.55. The fraction of sp³-hybridized carbons (Fsp3) is 0.294. The zero-order valence-electron chi connectivity index (χ0n) is 12.5. The lowest BCUT2D eigenvalue weighted by atomic mass is 10.0. The lowest BCUT2D eigenvalue weighted by Crippen LogP contribution is -2.24. The van der Waals surface area contributed by atoms with Crippen LogP contribution in [0.4, 0.5) is 10.1 Å². The Labute approximate surface area is 130 Å². The van der Waals surface area contributed by atoms with Crippen molar-refractivity contribution in [1.29, 1.82) is 0 Å². The summed E-state index contributed by atoms with van der Waals surface area (Å²) in [5, 5.41) is 3.82.